The van der Waals surface area contributed by atoms with Gasteiger partial charge in [-0.1, -0.05) is 0 Å². The molecule has 1 unspecified atom stereocenters. The highest BCUT2D eigenvalue weighted by atomic mass is 32.1. The van der Waals surface area contributed by atoms with Crippen molar-refractivity contribution in [2.24, 2.45) is 0 Å². The van der Waals surface area contributed by atoms with E-state index < -0.39 is 0 Å². The molecule has 1 aliphatic heterocycles. The summed E-state index contributed by atoms with van der Waals surface area (Å²) in [6.07, 6.45) is 3.78. The number of nitrogens with one attached hydrogen (secondary N) is 1. The van der Waals surface area contributed by atoms with Crippen LogP contribution in [0.2, 0.25) is 0 Å². The van der Waals surface area contributed by atoms with E-state index in [1.165, 1.54) is 29.0 Å². The predicted molar refractivity (Wildman–Crippen MR) is 64.5 cm³/mol. The van der Waals surface area contributed by atoms with Crippen molar-refractivity contribution in [1.82, 2.24) is 5.32 Å². The average Bonchev–Trinajstić information content (AvgIpc) is 2.67. The number of ether oxygens (including phenoxy) is 1. The normalized spacial score (nSPS) is 26.8. The summed E-state index contributed by atoms with van der Waals surface area (Å²) in [5, 5.41) is 3.65. The molecule has 0 saturated carbocycles. The van der Waals surface area contributed by atoms with E-state index in [1.807, 2.05) is 11.3 Å². The number of methoxy groups -OCH3 is 1. The van der Waals surface area contributed by atoms with E-state index in [4.69, 9.17) is 4.74 Å². The summed E-state index contributed by atoms with van der Waals surface area (Å²) < 4.78 is 5.39. The molecule has 1 fully saturated rings. The van der Waals surface area contributed by atoms with E-state index in [1.54, 1.807) is 7.11 Å². The number of piperidine rings is 1. The van der Waals surface area contributed by atoms with Gasteiger partial charge in [-0.05, 0) is 44.9 Å². The molecule has 1 aliphatic rings. The standard InChI is InChI=1S/C12H19NOS/c1-10-5-6-11(15-10)12(9-14-2)7-3-4-8-13-12/h5-6,13H,3-4,7-9H2,1-2H3. The van der Waals surface area contributed by atoms with Crippen molar-refractivity contribution in [3.63, 3.8) is 0 Å². The zero-order valence-corrected chi connectivity index (χ0v) is 10.3. The van der Waals surface area contributed by atoms with Gasteiger partial charge >= 0.3 is 0 Å². The van der Waals surface area contributed by atoms with Crippen molar-refractivity contribution >= 4 is 11.3 Å². The van der Waals surface area contributed by atoms with E-state index in [9.17, 15) is 0 Å². The monoisotopic (exact) mass is 225 g/mol. The fourth-order valence-corrected chi connectivity index (χ4v) is 3.36. The van der Waals surface area contributed by atoms with Crippen LogP contribution < -0.4 is 5.32 Å². The largest absolute Gasteiger partial charge is 0.382 e. The number of rotatable bonds is 3. The van der Waals surface area contributed by atoms with E-state index in [0.717, 1.165) is 13.2 Å². The maximum atomic E-state index is 5.39. The Balaban J connectivity index is 2.24. The summed E-state index contributed by atoms with van der Waals surface area (Å²) in [7, 11) is 1.79. The van der Waals surface area contributed by atoms with Crippen LogP contribution in [0.5, 0.6) is 0 Å². The number of hydrogen-bond acceptors (Lipinski definition) is 3. The van der Waals surface area contributed by atoms with Crippen LogP contribution in [0.3, 0.4) is 0 Å². The second-order valence-corrected chi connectivity index (χ2v) is 5.60. The van der Waals surface area contributed by atoms with Crippen LogP contribution in [0.25, 0.3) is 0 Å². The zero-order valence-electron chi connectivity index (χ0n) is 9.51. The van der Waals surface area contributed by atoms with Gasteiger partial charge in [0, 0.05) is 16.9 Å². The molecule has 2 heterocycles. The second kappa shape index (κ2) is 4.64. The van der Waals surface area contributed by atoms with Crippen molar-refractivity contribution in [3.05, 3.63) is 21.9 Å². The third-order valence-corrected chi connectivity index (χ3v) is 4.30. The number of aryl methyl sites for hydroxylation is 1. The van der Waals surface area contributed by atoms with Crippen LogP contribution in [0.15, 0.2) is 12.1 Å². The Labute approximate surface area is 95.6 Å². The molecule has 1 atom stereocenters. The Kier molecular flexibility index (Phi) is 3.44. The highest BCUT2D eigenvalue weighted by Gasteiger charge is 2.34. The van der Waals surface area contributed by atoms with Crippen LogP contribution in [0.4, 0.5) is 0 Å². The Morgan fingerprint density at radius 3 is 2.87 bits per heavy atom. The molecule has 84 valence electrons. The molecule has 0 aromatic carbocycles. The molecule has 1 saturated heterocycles. The summed E-state index contributed by atoms with van der Waals surface area (Å²) in [5.74, 6) is 0. The van der Waals surface area contributed by atoms with Gasteiger partial charge in [-0.3, -0.25) is 0 Å². The molecule has 15 heavy (non-hydrogen) atoms. The average molecular weight is 225 g/mol. The molecule has 3 heteroatoms. The van der Waals surface area contributed by atoms with Gasteiger partial charge in [0.2, 0.25) is 0 Å². The van der Waals surface area contributed by atoms with Gasteiger partial charge in [0.05, 0.1) is 12.1 Å². The molecule has 1 aromatic rings. The van der Waals surface area contributed by atoms with Crippen molar-refractivity contribution in [1.29, 1.82) is 0 Å². The summed E-state index contributed by atoms with van der Waals surface area (Å²) >= 11 is 1.89. The van der Waals surface area contributed by atoms with Crippen LogP contribution >= 0.6 is 11.3 Å². The fourth-order valence-electron chi connectivity index (χ4n) is 2.31. The minimum atomic E-state index is 0.0892. The van der Waals surface area contributed by atoms with E-state index in [0.29, 0.717) is 0 Å². The van der Waals surface area contributed by atoms with Gasteiger partial charge < -0.3 is 10.1 Å². The zero-order chi connectivity index (χ0) is 10.7. The highest BCUT2D eigenvalue weighted by molar-refractivity contribution is 7.12. The van der Waals surface area contributed by atoms with Crippen molar-refractivity contribution in [2.45, 2.75) is 31.7 Å². The highest BCUT2D eigenvalue weighted by Crippen LogP contribution is 2.34. The van der Waals surface area contributed by atoms with E-state index in [-0.39, 0.29) is 5.54 Å². The van der Waals surface area contributed by atoms with Crippen LogP contribution in [0.1, 0.15) is 29.0 Å². The Hall–Kier alpha value is -0.380. The van der Waals surface area contributed by atoms with E-state index >= 15 is 0 Å². The minimum absolute atomic E-state index is 0.0892. The number of thiophene rings is 1. The van der Waals surface area contributed by atoms with Gasteiger partial charge in [0.25, 0.3) is 0 Å². The lowest BCUT2D eigenvalue weighted by Gasteiger charge is -2.37. The van der Waals surface area contributed by atoms with Crippen molar-refractivity contribution in [3.8, 4) is 0 Å². The van der Waals surface area contributed by atoms with Crippen molar-refractivity contribution < 1.29 is 4.74 Å². The SMILES string of the molecule is COCC1(c2ccc(C)s2)CCCCN1. The third-order valence-electron chi connectivity index (χ3n) is 3.10. The first-order valence-corrected chi connectivity index (χ1v) is 6.39. The molecule has 1 aromatic heterocycles. The lowest BCUT2D eigenvalue weighted by molar-refractivity contribution is 0.0906. The van der Waals surface area contributed by atoms with Gasteiger partial charge in [-0.25, -0.2) is 0 Å². The molecular formula is C12H19NOS. The van der Waals surface area contributed by atoms with Gasteiger partial charge in [0.1, 0.15) is 0 Å². The fraction of sp³-hybridized carbons (Fsp3) is 0.667. The quantitative estimate of drug-likeness (QED) is 0.854. The predicted octanol–water partition coefficient (Wildman–Crippen LogP) is 2.67. The summed E-state index contributed by atoms with van der Waals surface area (Å²) in [6, 6.07) is 4.45. The first-order valence-electron chi connectivity index (χ1n) is 5.58. The molecular weight excluding hydrogens is 206 g/mol. The third kappa shape index (κ3) is 2.25. The Morgan fingerprint density at radius 1 is 1.47 bits per heavy atom. The molecule has 0 radical (unpaired) electrons. The topological polar surface area (TPSA) is 21.3 Å². The summed E-state index contributed by atoms with van der Waals surface area (Å²) in [6.45, 7) is 4.06. The maximum Gasteiger partial charge on any atom is 0.0765 e. The Morgan fingerprint density at radius 2 is 2.33 bits per heavy atom. The first-order chi connectivity index (χ1) is 7.27. The van der Waals surface area contributed by atoms with Gasteiger partial charge in [-0.15, -0.1) is 11.3 Å². The molecule has 0 aliphatic carbocycles. The maximum absolute atomic E-state index is 5.39. The molecule has 0 bridgehead atoms. The number of hydrogen-bond donors (Lipinski definition) is 1. The summed E-state index contributed by atoms with van der Waals surface area (Å²) in [5.41, 5.74) is 0.0892. The van der Waals surface area contributed by atoms with Gasteiger partial charge in [-0.2, -0.15) is 0 Å². The molecule has 0 spiro atoms. The van der Waals surface area contributed by atoms with Crippen molar-refractivity contribution in [2.75, 3.05) is 20.3 Å². The van der Waals surface area contributed by atoms with Crippen LogP contribution in [-0.2, 0) is 10.3 Å². The minimum Gasteiger partial charge on any atom is -0.382 e. The summed E-state index contributed by atoms with van der Waals surface area (Å²) in [4.78, 5) is 2.81. The van der Waals surface area contributed by atoms with Gasteiger partial charge in [0.15, 0.2) is 0 Å². The molecule has 1 N–H and O–H groups in total. The second-order valence-electron chi connectivity index (χ2n) is 4.31. The molecule has 2 rings (SSSR count). The van der Waals surface area contributed by atoms with Crippen LogP contribution in [0, 0.1) is 6.92 Å². The van der Waals surface area contributed by atoms with Crippen LogP contribution in [-0.4, -0.2) is 20.3 Å². The molecule has 0 amide bonds. The lowest BCUT2D eigenvalue weighted by atomic mass is 9.88. The Bertz CT molecular complexity index is 310. The first kappa shape index (κ1) is 11.1. The lowest BCUT2D eigenvalue weighted by Crippen LogP contribution is -2.48. The van der Waals surface area contributed by atoms with E-state index in [2.05, 4.69) is 24.4 Å². The molecule has 2 nitrogen and oxygen atoms in total. The smallest absolute Gasteiger partial charge is 0.0765 e.